The van der Waals surface area contributed by atoms with Crippen LogP contribution in [-0.2, 0) is 0 Å². The Morgan fingerprint density at radius 2 is 1.53 bits per heavy atom. The van der Waals surface area contributed by atoms with Crippen molar-refractivity contribution < 1.29 is 0 Å². The fourth-order valence-corrected chi connectivity index (χ4v) is 2.73. The predicted molar refractivity (Wildman–Crippen MR) is 79.4 cm³/mol. The Hall–Kier alpha value is -1.42. The van der Waals surface area contributed by atoms with Crippen LogP contribution in [0.3, 0.4) is 0 Å². The van der Waals surface area contributed by atoms with E-state index in [1.165, 1.54) is 0 Å². The van der Waals surface area contributed by atoms with Gasteiger partial charge in [-0.1, -0.05) is 40.9 Å². The Morgan fingerprint density at radius 3 is 2.32 bits per heavy atom. The Morgan fingerprint density at radius 1 is 0.842 bits per heavy atom. The van der Waals surface area contributed by atoms with E-state index >= 15 is 0 Å². The molecule has 2 N–H and O–H groups in total. The third kappa shape index (κ3) is 2.14. The van der Waals surface area contributed by atoms with Crippen LogP contribution in [0, 0.1) is 0 Å². The first-order valence-electron chi connectivity index (χ1n) is 5.42. The lowest BCUT2D eigenvalue weighted by Gasteiger charge is -2.08. The fraction of sp³-hybridized carbons (Fsp3) is 0. The number of hydrogen-bond donors (Lipinski definition) is 2. The molecule has 3 rings (SSSR count). The zero-order valence-corrected chi connectivity index (χ0v) is 11.7. The second-order valence-corrected chi connectivity index (χ2v) is 5.25. The fourth-order valence-electron chi connectivity index (χ4n) is 1.98. The number of rotatable bonds is 1. The number of imidazole rings is 1. The molecule has 2 aromatic carbocycles. The molecule has 96 valence electrons. The van der Waals surface area contributed by atoms with Gasteiger partial charge in [0.2, 0.25) is 0 Å². The maximum Gasteiger partial charge on any atom is 0.323 e. The lowest BCUT2D eigenvalue weighted by molar-refractivity contribution is 1.22. The molecular formula is C13H7Cl3N2O. The van der Waals surface area contributed by atoms with Crippen molar-refractivity contribution in [3.05, 3.63) is 55.9 Å². The standard InChI is InChI=1S/C13H7Cl3N2O/c14-7-2-3-8(15)12(16)11(7)6-1-4-9-10(5-6)18-13(19)17-9/h1-5H,(H2,17,18,19). The van der Waals surface area contributed by atoms with Gasteiger partial charge in [-0.05, 0) is 29.8 Å². The number of halogens is 3. The molecule has 0 spiro atoms. The van der Waals surface area contributed by atoms with Gasteiger partial charge in [-0.3, -0.25) is 0 Å². The average Bonchev–Trinajstić information content (AvgIpc) is 2.74. The quantitative estimate of drug-likeness (QED) is 0.639. The summed E-state index contributed by atoms with van der Waals surface area (Å²) in [6, 6.07) is 8.75. The summed E-state index contributed by atoms with van der Waals surface area (Å²) in [7, 11) is 0. The molecule has 1 aromatic heterocycles. The Bertz CT molecular complexity index is 836. The van der Waals surface area contributed by atoms with E-state index in [0.717, 1.165) is 11.1 Å². The molecule has 6 heteroatoms. The van der Waals surface area contributed by atoms with Crippen LogP contribution < -0.4 is 5.69 Å². The maximum atomic E-state index is 11.2. The summed E-state index contributed by atoms with van der Waals surface area (Å²) < 4.78 is 0. The van der Waals surface area contributed by atoms with Gasteiger partial charge in [-0.2, -0.15) is 0 Å². The molecule has 0 aliphatic rings. The van der Waals surface area contributed by atoms with E-state index in [4.69, 9.17) is 34.8 Å². The summed E-state index contributed by atoms with van der Waals surface area (Å²) in [5.74, 6) is 0. The molecule has 0 aliphatic carbocycles. The van der Waals surface area contributed by atoms with Crippen LogP contribution in [0.25, 0.3) is 22.2 Å². The minimum atomic E-state index is -0.254. The highest BCUT2D eigenvalue weighted by molar-refractivity contribution is 6.46. The van der Waals surface area contributed by atoms with E-state index in [1.54, 1.807) is 24.3 Å². The molecule has 3 nitrogen and oxygen atoms in total. The second-order valence-electron chi connectivity index (χ2n) is 4.06. The minimum absolute atomic E-state index is 0.254. The minimum Gasteiger partial charge on any atom is -0.306 e. The highest BCUT2D eigenvalue weighted by Gasteiger charge is 2.12. The zero-order chi connectivity index (χ0) is 13.6. The van der Waals surface area contributed by atoms with Crippen molar-refractivity contribution in [3.8, 4) is 11.1 Å². The van der Waals surface area contributed by atoms with E-state index in [1.807, 2.05) is 6.07 Å². The summed E-state index contributed by atoms with van der Waals surface area (Å²) in [6.07, 6.45) is 0. The first-order valence-corrected chi connectivity index (χ1v) is 6.55. The van der Waals surface area contributed by atoms with Crippen molar-refractivity contribution in [2.75, 3.05) is 0 Å². The van der Waals surface area contributed by atoms with Crippen LogP contribution in [-0.4, -0.2) is 9.97 Å². The highest BCUT2D eigenvalue weighted by atomic mass is 35.5. The van der Waals surface area contributed by atoms with E-state index in [-0.39, 0.29) is 5.69 Å². The largest absolute Gasteiger partial charge is 0.323 e. The van der Waals surface area contributed by atoms with Gasteiger partial charge in [0.15, 0.2) is 0 Å². The van der Waals surface area contributed by atoms with Crippen LogP contribution in [0.5, 0.6) is 0 Å². The molecule has 19 heavy (non-hydrogen) atoms. The maximum absolute atomic E-state index is 11.2. The first-order chi connectivity index (χ1) is 9.06. The van der Waals surface area contributed by atoms with E-state index < -0.39 is 0 Å². The summed E-state index contributed by atoms with van der Waals surface area (Å²) in [5.41, 5.74) is 2.60. The van der Waals surface area contributed by atoms with Gasteiger partial charge in [0.1, 0.15) is 0 Å². The molecule has 3 aromatic rings. The van der Waals surface area contributed by atoms with Crippen LogP contribution in [0.15, 0.2) is 35.1 Å². The molecule has 0 amide bonds. The van der Waals surface area contributed by atoms with Crippen molar-refractivity contribution in [2.24, 2.45) is 0 Å². The highest BCUT2D eigenvalue weighted by Crippen LogP contribution is 2.39. The van der Waals surface area contributed by atoms with Gasteiger partial charge in [0, 0.05) is 10.6 Å². The lowest BCUT2D eigenvalue weighted by atomic mass is 10.0. The molecule has 0 bridgehead atoms. The summed E-state index contributed by atoms with van der Waals surface area (Å²) in [6.45, 7) is 0. The monoisotopic (exact) mass is 312 g/mol. The van der Waals surface area contributed by atoms with Crippen molar-refractivity contribution in [3.63, 3.8) is 0 Å². The summed E-state index contributed by atoms with van der Waals surface area (Å²) in [5, 5.41) is 1.33. The van der Waals surface area contributed by atoms with Gasteiger partial charge in [0.25, 0.3) is 0 Å². The zero-order valence-electron chi connectivity index (χ0n) is 9.43. The Kier molecular flexibility index (Phi) is 3.05. The smallest absolute Gasteiger partial charge is 0.306 e. The Balaban J connectivity index is 2.29. The molecule has 0 atom stereocenters. The van der Waals surface area contributed by atoms with E-state index in [9.17, 15) is 4.79 Å². The van der Waals surface area contributed by atoms with Gasteiger partial charge in [-0.15, -0.1) is 0 Å². The van der Waals surface area contributed by atoms with Crippen LogP contribution in [0.2, 0.25) is 15.1 Å². The molecule has 0 unspecified atom stereocenters. The summed E-state index contributed by atoms with van der Waals surface area (Å²) >= 11 is 18.4. The van der Waals surface area contributed by atoms with Gasteiger partial charge in [0.05, 0.1) is 21.1 Å². The Labute approximate surface area is 123 Å². The van der Waals surface area contributed by atoms with Crippen molar-refractivity contribution in [1.82, 2.24) is 9.97 Å². The number of hydrogen-bond acceptors (Lipinski definition) is 1. The molecule has 1 heterocycles. The van der Waals surface area contributed by atoms with Crippen molar-refractivity contribution >= 4 is 45.8 Å². The predicted octanol–water partition coefficient (Wildman–Crippen LogP) is 4.48. The number of fused-ring (bicyclic) bond motifs is 1. The number of H-pyrrole nitrogens is 2. The average molecular weight is 314 g/mol. The molecular weight excluding hydrogens is 307 g/mol. The number of nitrogens with one attached hydrogen (secondary N) is 2. The van der Waals surface area contributed by atoms with E-state index in [0.29, 0.717) is 26.1 Å². The lowest BCUT2D eigenvalue weighted by Crippen LogP contribution is -1.99. The van der Waals surface area contributed by atoms with Gasteiger partial charge >= 0.3 is 5.69 Å². The molecule has 0 saturated heterocycles. The third-order valence-corrected chi connectivity index (χ3v) is 3.97. The van der Waals surface area contributed by atoms with Gasteiger partial charge in [-0.25, -0.2) is 4.79 Å². The normalized spacial score (nSPS) is 11.1. The van der Waals surface area contributed by atoms with Crippen molar-refractivity contribution in [2.45, 2.75) is 0 Å². The first kappa shape index (κ1) is 12.6. The molecule has 0 saturated carbocycles. The second kappa shape index (κ2) is 4.60. The topological polar surface area (TPSA) is 48.6 Å². The number of aromatic amines is 2. The van der Waals surface area contributed by atoms with Crippen LogP contribution in [0.1, 0.15) is 0 Å². The van der Waals surface area contributed by atoms with Gasteiger partial charge < -0.3 is 9.97 Å². The molecule has 0 radical (unpaired) electrons. The van der Waals surface area contributed by atoms with Crippen LogP contribution >= 0.6 is 34.8 Å². The van der Waals surface area contributed by atoms with Crippen molar-refractivity contribution in [1.29, 1.82) is 0 Å². The molecule has 0 fully saturated rings. The SMILES string of the molecule is O=c1[nH]c2ccc(-c3c(Cl)ccc(Cl)c3Cl)cc2[nH]1. The van der Waals surface area contributed by atoms with Crippen LogP contribution in [0.4, 0.5) is 0 Å². The molecule has 0 aliphatic heterocycles. The summed E-state index contributed by atoms with van der Waals surface area (Å²) in [4.78, 5) is 16.6. The van der Waals surface area contributed by atoms with E-state index in [2.05, 4.69) is 9.97 Å². The number of benzene rings is 2. The number of aromatic nitrogens is 2. The third-order valence-electron chi connectivity index (χ3n) is 2.85.